The van der Waals surface area contributed by atoms with Crippen molar-refractivity contribution in [3.05, 3.63) is 78.1 Å². The van der Waals surface area contributed by atoms with E-state index >= 15 is 0 Å². The second kappa shape index (κ2) is 7.73. The number of hydrogen-bond donors (Lipinski definition) is 1. The van der Waals surface area contributed by atoms with Crippen molar-refractivity contribution in [3.63, 3.8) is 0 Å². The van der Waals surface area contributed by atoms with Crippen molar-refractivity contribution in [3.8, 4) is 11.3 Å². The zero-order valence-electron chi connectivity index (χ0n) is 11.8. The van der Waals surface area contributed by atoms with Gasteiger partial charge in [0.1, 0.15) is 17.3 Å². The lowest BCUT2D eigenvalue weighted by molar-refractivity contribution is 0.489. The molecule has 0 fully saturated rings. The third-order valence-electron chi connectivity index (χ3n) is 3.13. The molecule has 1 N–H and O–H groups in total. The van der Waals surface area contributed by atoms with Crippen LogP contribution in [0.4, 0.5) is 4.39 Å². The van der Waals surface area contributed by atoms with Crippen LogP contribution in [-0.2, 0) is 13.1 Å². The molecule has 3 aromatic rings. The number of nitrogens with one attached hydrogen (secondary N) is 1. The maximum atomic E-state index is 13.7. The highest BCUT2D eigenvalue weighted by Gasteiger charge is 2.08. The van der Waals surface area contributed by atoms with Gasteiger partial charge in [0.05, 0.1) is 17.8 Å². The Kier molecular flexibility index (Phi) is 5.69. The monoisotopic (exact) mass is 318 g/mol. The molecule has 0 saturated carbocycles. The van der Waals surface area contributed by atoms with Crippen molar-refractivity contribution in [2.45, 2.75) is 13.1 Å². The van der Waals surface area contributed by atoms with Gasteiger partial charge < -0.3 is 9.73 Å². The van der Waals surface area contributed by atoms with Crippen LogP contribution in [0.3, 0.4) is 0 Å². The molecular weight excluding hydrogens is 303 g/mol. The van der Waals surface area contributed by atoms with E-state index in [1.54, 1.807) is 30.5 Å². The molecule has 0 unspecified atom stereocenters. The quantitative estimate of drug-likeness (QED) is 0.766. The van der Waals surface area contributed by atoms with Gasteiger partial charge in [-0.15, -0.1) is 12.4 Å². The van der Waals surface area contributed by atoms with Gasteiger partial charge in [0.2, 0.25) is 0 Å². The lowest BCUT2D eigenvalue weighted by Crippen LogP contribution is -2.12. The van der Waals surface area contributed by atoms with Gasteiger partial charge in [-0.3, -0.25) is 4.98 Å². The molecule has 114 valence electrons. The van der Waals surface area contributed by atoms with Gasteiger partial charge in [-0.05, 0) is 36.4 Å². The van der Waals surface area contributed by atoms with E-state index in [0.717, 1.165) is 11.5 Å². The van der Waals surface area contributed by atoms with Gasteiger partial charge in [-0.2, -0.15) is 0 Å². The molecule has 5 heteroatoms. The van der Waals surface area contributed by atoms with Crippen LogP contribution in [0, 0.1) is 5.82 Å². The minimum Gasteiger partial charge on any atom is -0.460 e. The van der Waals surface area contributed by atoms with Gasteiger partial charge in [0.15, 0.2) is 0 Å². The minimum absolute atomic E-state index is 0. The number of halogens is 2. The second-order valence-corrected chi connectivity index (χ2v) is 4.67. The standard InChI is InChI=1S/C17H15FN2O.ClH/c18-16-7-2-1-6-15(16)17-9-8-14(21-17)12-19-11-13-5-3-4-10-20-13;/h1-10,19H,11-12H2;1H. The lowest BCUT2D eigenvalue weighted by Gasteiger charge is -2.02. The predicted octanol–water partition coefficient (Wildman–Crippen LogP) is 4.19. The first-order valence-corrected chi connectivity index (χ1v) is 6.77. The average molecular weight is 319 g/mol. The summed E-state index contributed by atoms with van der Waals surface area (Å²) in [6.07, 6.45) is 1.76. The molecular formula is C17H16ClFN2O. The van der Waals surface area contributed by atoms with Crippen LogP contribution in [0.15, 0.2) is 65.2 Å². The first-order valence-electron chi connectivity index (χ1n) is 6.77. The second-order valence-electron chi connectivity index (χ2n) is 4.67. The third kappa shape index (κ3) is 3.93. The summed E-state index contributed by atoms with van der Waals surface area (Å²) in [5, 5.41) is 3.25. The Labute approximate surface area is 134 Å². The number of furan rings is 1. The third-order valence-corrected chi connectivity index (χ3v) is 3.13. The van der Waals surface area contributed by atoms with E-state index in [9.17, 15) is 4.39 Å². The van der Waals surface area contributed by atoms with Gasteiger partial charge in [-0.25, -0.2) is 4.39 Å². The largest absolute Gasteiger partial charge is 0.460 e. The Balaban J connectivity index is 0.00000176. The Bertz CT molecular complexity index is 715. The van der Waals surface area contributed by atoms with E-state index in [1.165, 1.54) is 6.07 Å². The van der Waals surface area contributed by atoms with Crippen LogP contribution >= 0.6 is 12.4 Å². The van der Waals surface area contributed by atoms with Gasteiger partial charge in [-0.1, -0.05) is 18.2 Å². The molecule has 0 aliphatic rings. The molecule has 3 nitrogen and oxygen atoms in total. The molecule has 0 amide bonds. The summed E-state index contributed by atoms with van der Waals surface area (Å²) in [4.78, 5) is 4.23. The number of pyridine rings is 1. The van der Waals surface area contributed by atoms with Crippen molar-refractivity contribution < 1.29 is 8.81 Å². The summed E-state index contributed by atoms with van der Waals surface area (Å²) in [7, 11) is 0. The molecule has 0 spiro atoms. The number of aromatic nitrogens is 1. The maximum Gasteiger partial charge on any atom is 0.137 e. The van der Waals surface area contributed by atoms with Crippen LogP contribution in [0.5, 0.6) is 0 Å². The summed E-state index contributed by atoms with van der Waals surface area (Å²) < 4.78 is 19.3. The van der Waals surface area contributed by atoms with Crippen molar-refractivity contribution in [2.75, 3.05) is 0 Å². The Morgan fingerprint density at radius 2 is 1.77 bits per heavy atom. The maximum absolute atomic E-state index is 13.7. The van der Waals surface area contributed by atoms with Crippen molar-refractivity contribution in [1.29, 1.82) is 0 Å². The normalized spacial score (nSPS) is 10.2. The molecule has 0 radical (unpaired) electrons. The highest BCUT2D eigenvalue weighted by molar-refractivity contribution is 5.85. The summed E-state index contributed by atoms with van der Waals surface area (Å²) in [6.45, 7) is 1.24. The topological polar surface area (TPSA) is 38.1 Å². The Morgan fingerprint density at radius 3 is 2.55 bits per heavy atom. The van der Waals surface area contributed by atoms with E-state index in [-0.39, 0.29) is 18.2 Å². The summed E-state index contributed by atoms with van der Waals surface area (Å²) in [6, 6.07) is 16.0. The van der Waals surface area contributed by atoms with E-state index in [2.05, 4.69) is 10.3 Å². The fraction of sp³-hybridized carbons (Fsp3) is 0.118. The predicted molar refractivity (Wildman–Crippen MR) is 86.1 cm³/mol. The van der Waals surface area contributed by atoms with E-state index in [0.29, 0.717) is 24.4 Å². The van der Waals surface area contributed by atoms with E-state index < -0.39 is 0 Å². The van der Waals surface area contributed by atoms with Gasteiger partial charge in [0, 0.05) is 12.7 Å². The van der Waals surface area contributed by atoms with Crippen molar-refractivity contribution in [2.24, 2.45) is 0 Å². The highest BCUT2D eigenvalue weighted by atomic mass is 35.5. The van der Waals surface area contributed by atoms with Crippen molar-refractivity contribution in [1.82, 2.24) is 10.3 Å². The van der Waals surface area contributed by atoms with E-state index in [1.807, 2.05) is 24.3 Å². The van der Waals surface area contributed by atoms with E-state index in [4.69, 9.17) is 4.42 Å². The minimum atomic E-state index is -0.278. The van der Waals surface area contributed by atoms with Crippen LogP contribution < -0.4 is 5.32 Å². The molecule has 0 saturated heterocycles. The molecule has 3 rings (SSSR count). The fourth-order valence-electron chi connectivity index (χ4n) is 2.10. The van der Waals surface area contributed by atoms with Crippen molar-refractivity contribution >= 4 is 12.4 Å². The summed E-state index contributed by atoms with van der Waals surface area (Å²) in [5.41, 5.74) is 1.45. The van der Waals surface area contributed by atoms with Gasteiger partial charge in [0.25, 0.3) is 0 Å². The van der Waals surface area contributed by atoms with Gasteiger partial charge >= 0.3 is 0 Å². The molecule has 22 heavy (non-hydrogen) atoms. The molecule has 2 heterocycles. The number of benzene rings is 1. The molecule has 0 aliphatic heterocycles. The zero-order chi connectivity index (χ0) is 14.5. The Morgan fingerprint density at radius 1 is 0.955 bits per heavy atom. The molecule has 0 atom stereocenters. The molecule has 1 aromatic carbocycles. The van der Waals surface area contributed by atoms with Crippen LogP contribution in [0.2, 0.25) is 0 Å². The average Bonchev–Trinajstić information content (AvgIpc) is 2.97. The van der Waals surface area contributed by atoms with Crippen LogP contribution in [0.25, 0.3) is 11.3 Å². The van der Waals surface area contributed by atoms with Crippen LogP contribution in [-0.4, -0.2) is 4.98 Å². The first-order chi connectivity index (χ1) is 10.3. The molecule has 0 aliphatic carbocycles. The summed E-state index contributed by atoms with van der Waals surface area (Å²) in [5.74, 6) is 1.03. The van der Waals surface area contributed by atoms with Crippen LogP contribution in [0.1, 0.15) is 11.5 Å². The number of hydrogen-bond acceptors (Lipinski definition) is 3. The fourth-order valence-corrected chi connectivity index (χ4v) is 2.10. The first kappa shape index (κ1) is 16.2. The lowest BCUT2D eigenvalue weighted by atomic mass is 10.1. The molecule has 2 aromatic heterocycles. The number of nitrogens with zero attached hydrogens (tertiary/aromatic N) is 1. The molecule has 0 bridgehead atoms. The highest BCUT2D eigenvalue weighted by Crippen LogP contribution is 2.24. The smallest absolute Gasteiger partial charge is 0.137 e. The Hall–Kier alpha value is -2.17. The summed E-state index contributed by atoms with van der Waals surface area (Å²) >= 11 is 0. The zero-order valence-corrected chi connectivity index (χ0v) is 12.6. The number of rotatable bonds is 5. The SMILES string of the molecule is Cl.Fc1ccccc1-c1ccc(CNCc2ccccn2)o1.